The number of nitrogens with zero attached hydrogens (tertiary/aromatic N) is 3. The van der Waals surface area contributed by atoms with Crippen molar-refractivity contribution < 1.29 is 0 Å². The molecule has 0 aliphatic rings. The number of benzene rings is 2. The van der Waals surface area contributed by atoms with E-state index in [2.05, 4.69) is 33.8 Å². The summed E-state index contributed by atoms with van der Waals surface area (Å²) < 4.78 is 2.16. The Balaban J connectivity index is 2.01. The van der Waals surface area contributed by atoms with Gasteiger partial charge >= 0.3 is 0 Å². The first-order valence-corrected chi connectivity index (χ1v) is 8.50. The number of rotatable bonds is 5. The van der Waals surface area contributed by atoms with Crippen LogP contribution in [0.1, 0.15) is 12.5 Å². The van der Waals surface area contributed by atoms with E-state index in [1.807, 2.05) is 42.5 Å². The third-order valence-electron chi connectivity index (χ3n) is 3.28. The fraction of sp³-hybridized carbons (Fsp3) is 0.176. The number of hydrogen-bond donors (Lipinski definition) is 0. The van der Waals surface area contributed by atoms with Gasteiger partial charge < -0.3 is 0 Å². The van der Waals surface area contributed by atoms with E-state index in [0.717, 1.165) is 33.9 Å². The molecule has 3 aromatic rings. The van der Waals surface area contributed by atoms with Crippen LogP contribution in [-0.4, -0.2) is 20.5 Å². The summed E-state index contributed by atoms with van der Waals surface area (Å²) in [6.07, 6.45) is 0. The maximum Gasteiger partial charge on any atom is 0.191 e. The molecule has 0 saturated heterocycles. The third-order valence-corrected chi connectivity index (χ3v) is 4.38. The Morgan fingerprint density at radius 3 is 2.41 bits per heavy atom. The Morgan fingerprint density at radius 2 is 1.73 bits per heavy atom. The molecular formula is C17H16ClN3S. The monoisotopic (exact) mass is 329 g/mol. The van der Waals surface area contributed by atoms with E-state index >= 15 is 0 Å². The molecule has 0 atom stereocenters. The summed E-state index contributed by atoms with van der Waals surface area (Å²) in [6, 6.07) is 18.1. The summed E-state index contributed by atoms with van der Waals surface area (Å²) in [5.41, 5.74) is 2.26. The lowest BCUT2D eigenvalue weighted by atomic mass is 10.2. The molecule has 0 amide bonds. The first-order valence-electron chi connectivity index (χ1n) is 7.14. The van der Waals surface area contributed by atoms with Crippen LogP contribution >= 0.6 is 23.4 Å². The molecule has 1 aromatic heterocycles. The quantitative estimate of drug-likeness (QED) is 0.632. The predicted molar refractivity (Wildman–Crippen MR) is 92.4 cm³/mol. The normalized spacial score (nSPS) is 10.8. The van der Waals surface area contributed by atoms with Crippen molar-refractivity contribution in [1.29, 1.82) is 0 Å². The van der Waals surface area contributed by atoms with Crippen molar-refractivity contribution in [2.45, 2.75) is 18.6 Å². The van der Waals surface area contributed by atoms with Crippen LogP contribution < -0.4 is 0 Å². The molecule has 112 valence electrons. The minimum absolute atomic E-state index is 0.723. The largest absolute Gasteiger partial charge is 0.298 e. The molecule has 0 saturated carbocycles. The van der Waals surface area contributed by atoms with Crippen LogP contribution in [0.5, 0.6) is 0 Å². The van der Waals surface area contributed by atoms with Gasteiger partial charge in [-0.3, -0.25) is 4.57 Å². The second-order valence-corrected chi connectivity index (χ2v) is 6.49. The smallest absolute Gasteiger partial charge is 0.191 e. The van der Waals surface area contributed by atoms with E-state index in [9.17, 15) is 0 Å². The first kappa shape index (κ1) is 15.1. The van der Waals surface area contributed by atoms with Gasteiger partial charge in [0, 0.05) is 10.6 Å². The van der Waals surface area contributed by atoms with Crippen molar-refractivity contribution in [3.8, 4) is 11.4 Å². The van der Waals surface area contributed by atoms with Gasteiger partial charge in [0.2, 0.25) is 0 Å². The number of halogens is 1. The van der Waals surface area contributed by atoms with Crippen LogP contribution in [0.25, 0.3) is 11.4 Å². The minimum atomic E-state index is 0.723. The first-order chi connectivity index (χ1) is 10.8. The lowest BCUT2D eigenvalue weighted by molar-refractivity contribution is 0.715. The van der Waals surface area contributed by atoms with Crippen molar-refractivity contribution in [2.24, 2.45) is 0 Å². The highest BCUT2D eigenvalue weighted by molar-refractivity contribution is 7.99. The van der Waals surface area contributed by atoms with E-state index in [-0.39, 0.29) is 0 Å². The molecule has 0 spiro atoms. The number of thioether (sulfide) groups is 1. The molecular weight excluding hydrogens is 314 g/mol. The fourth-order valence-electron chi connectivity index (χ4n) is 2.25. The standard InChI is InChI=1S/C17H16ClN3S/c1-2-22-17-20-19-16(14-8-10-15(18)11-9-14)21(17)12-13-6-4-3-5-7-13/h3-11H,2,12H2,1H3. The van der Waals surface area contributed by atoms with Crippen LogP contribution in [-0.2, 0) is 6.54 Å². The van der Waals surface area contributed by atoms with Gasteiger partial charge in [0.25, 0.3) is 0 Å². The average molecular weight is 330 g/mol. The highest BCUT2D eigenvalue weighted by atomic mass is 35.5. The average Bonchev–Trinajstić information content (AvgIpc) is 2.92. The zero-order valence-electron chi connectivity index (χ0n) is 12.2. The Hall–Kier alpha value is -1.78. The van der Waals surface area contributed by atoms with E-state index in [1.165, 1.54) is 5.56 Å². The van der Waals surface area contributed by atoms with Crippen molar-refractivity contribution in [3.63, 3.8) is 0 Å². The SMILES string of the molecule is CCSc1nnc(-c2ccc(Cl)cc2)n1Cc1ccccc1. The maximum atomic E-state index is 5.98. The third kappa shape index (κ3) is 3.34. The van der Waals surface area contributed by atoms with Gasteiger partial charge in [0.05, 0.1) is 6.54 Å². The van der Waals surface area contributed by atoms with Crippen LogP contribution in [0.2, 0.25) is 5.02 Å². The fourth-order valence-corrected chi connectivity index (χ4v) is 3.04. The molecule has 0 radical (unpaired) electrons. The van der Waals surface area contributed by atoms with E-state index < -0.39 is 0 Å². The van der Waals surface area contributed by atoms with E-state index in [0.29, 0.717) is 0 Å². The Kier molecular flexibility index (Phi) is 4.80. The summed E-state index contributed by atoms with van der Waals surface area (Å²) in [5, 5.41) is 10.4. The number of hydrogen-bond acceptors (Lipinski definition) is 3. The lowest BCUT2D eigenvalue weighted by Gasteiger charge is -2.10. The van der Waals surface area contributed by atoms with Gasteiger partial charge in [0.1, 0.15) is 0 Å². The molecule has 0 N–H and O–H groups in total. The van der Waals surface area contributed by atoms with Gasteiger partial charge in [0.15, 0.2) is 11.0 Å². The minimum Gasteiger partial charge on any atom is -0.298 e. The molecule has 0 bridgehead atoms. The summed E-state index contributed by atoms with van der Waals surface area (Å²) in [6.45, 7) is 2.88. The van der Waals surface area contributed by atoms with Gasteiger partial charge in [-0.05, 0) is 35.6 Å². The molecule has 0 unspecified atom stereocenters. The van der Waals surface area contributed by atoms with Gasteiger partial charge in [-0.15, -0.1) is 10.2 Å². The summed E-state index contributed by atoms with van der Waals surface area (Å²) in [4.78, 5) is 0. The van der Waals surface area contributed by atoms with Crippen LogP contribution in [0.4, 0.5) is 0 Å². The van der Waals surface area contributed by atoms with E-state index in [1.54, 1.807) is 11.8 Å². The Bertz CT molecular complexity index is 738. The topological polar surface area (TPSA) is 30.7 Å². The Morgan fingerprint density at radius 1 is 1.00 bits per heavy atom. The summed E-state index contributed by atoms with van der Waals surface area (Å²) in [7, 11) is 0. The van der Waals surface area contributed by atoms with Crippen LogP contribution in [0.3, 0.4) is 0 Å². The highest BCUT2D eigenvalue weighted by Crippen LogP contribution is 2.26. The molecule has 0 aliphatic heterocycles. The van der Waals surface area contributed by atoms with E-state index in [4.69, 9.17) is 11.6 Å². The second-order valence-electron chi connectivity index (χ2n) is 4.82. The second kappa shape index (κ2) is 6.99. The number of aromatic nitrogens is 3. The molecule has 0 fully saturated rings. The van der Waals surface area contributed by atoms with Crippen molar-refractivity contribution in [2.75, 3.05) is 5.75 Å². The van der Waals surface area contributed by atoms with Gasteiger partial charge in [-0.25, -0.2) is 0 Å². The molecule has 22 heavy (non-hydrogen) atoms. The van der Waals surface area contributed by atoms with Crippen molar-refractivity contribution in [1.82, 2.24) is 14.8 Å². The molecule has 1 heterocycles. The maximum absolute atomic E-state index is 5.98. The zero-order chi connectivity index (χ0) is 15.4. The molecule has 3 nitrogen and oxygen atoms in total. The summed E-state index contributed by atoms with van der Waals surface area (Å²) in [5.74, 6) is 1.84. The predicted octanol–water partition coefficient (Wildman–Crippen LogP) is 4.76. The van der Waals surface area contributed by atoms with Gasteiger partial charge in [-0.2, -0.15) is 0 Å². The molecule has 3 rings (SSSR count). The molecule has 5 heteroatoms. The summed E-state index contributed by atoms with van der Waals surface area (Å²) >= 11 is 7.68. The van der Waals surface area contributed by atoms with Crippen LogP contribution in [0, 0.1) is 0 Å². The van der Waals surface area contributed by atoms with Crippen molar-refractivity contribution in [3.05, 3.63) is 65.2 Å². The zero-order valence-corrected chi connectivity index (χ0v) is 13.8. The van der Waals surface area contributed by atoms with Gasteiger partial charge in [-0.1, -0.05) is 60.6 Å². The lowest BCUT2D eigenvalue weighted by Crippen LogP contribution is -2.04. The van der Waals surface area contributed by atoms with Crippen LogP contribution in [0.15, 0.2) is 59.8 Å². The van der Waals surface area contributed by atoms with Crippen molar-refractivity contribution >= 4 is 23.4 Å². The molecule has 2 aromatic carbocycles. The highest BCUT2D eigenvalue weighted by Gasteiger charge is 2.14. The Labute approximate surface area is 139 Å². The molecule has 0 aliphatic carbocycles.